The maximum absolute atomic E-state index is 12.5. The number of aryl methyl sites for hydroxylation is 1. The molecular weight excluding hydrogens is 349 g/mol. The highest BCUT2D eigenvalue weighted by molar-refractivity contribution is 7.92. The summed E-state index contributed by atoms with van der Waals surface area (Å²) in [6, 6.07) is 2.91. The topological polar surface area (TPSA) is 89.3 Å². The molecule has 2 aromatic rings. The van der Waals surface area contributed by atoms with Crippen LogP contribution >= 0.6 is 0 Å². The summed E-state index contributed by atoms with van der Waals surface area (Å²) >= 11 is 0. The van der Waals surface area contributed by atoms with E-state index in [2.05, 4.69) is 10.3 Å². The van der Waals surface area contributed by atoms with Crippen molar-refractivity contribution in [3.8, 4) is 0 Å². The molecule has 0 saturated heterocycles. The smallest absolute Gasteiger partial charge is 0.444 e. The molecule has 0 bridgehead atoms. The highest BCUT2D eigenvalue weighted by Crippen LogP contribution is 2.30. The summed E-state index contributed by atoms with van der Waals surface area (Å²) in [6.07, 6.45) is 1.48. The number of halogens is 3. The van der Waals surface area contributed by atoms with Gasteiger partial charge in [0.2, 0.25) is 5.89 Å². The number of aromatic nitrogens is 1. The van der Waals surface area contributed by atoms with Crippen LogP contribution in [0, 0.1) is 6.92 Å². The monoisotopic (exact) mass is 362 g/mol. The Morgan fingerprint density at radius 2 is 1.83 bits per heavy atom. The average molecular weight is 362 g/mol. The van der Waals surface area contributed by atoms with Crippen LogP contribution in [0.3, 0.4) is 0 Å². The number of oxazole rings is 1. The zero-order valence-corrected chi connectivity index (χ0v) is 13.4. The van der Waals surface area contributed by atoms with Crippen LogP contribution in [-0.4, -0.2) is 24.8 Å². The molecule has 0 unspecified atom stereocenters. The van der Waals surface area contributed by atoms with E-state index in [4.69, 9.17) is 4.42 Å². The van der Waals surface area contributed by atoms with E-state index in [1.807, 2.05) is 0 Å². The zero-order valence-electron chi connectivity index (χ0n) is 12.6. The van der Waals surface area contributed by atoms with E-state index in [0.717, 1.165) is 24.3 Å². The molecule has 2 rings (SSSR count). The third-order valence-corrected chi connectivity index (χ3v) is 4.59. The number of amides is 1. The van der Waals surface area contributed by atoms with Crippen LogP contribution in [0.2, 0.25) is 0 Å². The Morgan fingerprint density at radius 3 is 2.29 bits per heavy atom. The first-order chi connectivity index (χ1) is 11.0. The summed E-state index contributed by atoms with van der Waals surface area (Å²) < 4.78 is 65.1. The van der Waals surface area contributed by atoms with Crippen molar-refractivity contribution in [1.82, 2.24) is 10.3 Å². The van der Waals surface area contributed by atoms with Gasteiger partial charge in [0.1, 0.15) is 11.8 Å². The van der Waals surface area contributed by atoms with Crippen molar-refractivity contribution in [1.29, 1.82) is 0 Å². The molecule has 0 aliphatic rings. The van der Waals surface area contributed by atoms with E-state index >= 15 is 0 Å². The second-order valence-electron chi connectivity index (χ2n) is 4.98. The number of benzene rings is 1. The highest BCUT2D eigenvalue weighted by atomic mass is 32.2. The van der Waals surface area contributed by atoms with Gasteiger partial charge in [-0.3, -0.25) is 4.79 Å². The second-order valence-corrected chi connectivity index (χ2v) is 6.92. The van der Waals surface area contributed by atoms with Gasteiger partial charge in [0.15, 0.2) is 0 Å². The van der Waals surface area contributed by atoms with Gasteiger partial charge in [-0.25, -0.2) is 13.4 Å². The van der Waals surface area contributed by atoms with Crippen LogP contribution in [0.1, 0.15) is 35.0 Å². The summed E-state index contributed by atoms with van der Waals surface area (Å²) in [7, 11) is -5.44. The van der Waals surface area contributed by atoms with Gasteiger partial charge >= 0.3 is 5.51 Å². The van der Waals surface area contributed by atoms with Crippen molar-refractivity contribution in [2.45, 2.75) is 30.3 Å². The van der Waals surface area contributed by atoms with Crippen molar-refractivity contribution in [2.75, 3.05) is 0 Å². The van der Waals surface area contributed by atoms with Crippen LogP contribution in [0.15, 0.2) is 39.8 Å². The fourth-order valence-corrected chi connectivity index (χ4v) is 2.59. The average Bonchev–Trinajstić information content (AvgIpc) is 2.93. The molecule has 0 fully saturated rings. The number of carbonyl (C=O) groups excluding carboxylic acids is 1. The van der Waals surface area contributed by atoms with E-state index in [9.17, 15) is 26.4 Å². The number of hydrogen-bond donors (Lipinski definition) is 1. The molecule has 24 heavy (non-hydrogen) atoms. The van der Waals surface area contributed by atoms with Crippen molar-refractivity contribution >= 4 is 15.7 Å². The molecule has 1 atom stereocenters. The lowest BCUT2D eigenvalue weighted by Gasteiger charge is -2.11. The zero-order chi connectivity index (χ0) is 18.1. The number of hydrogen-bond acceptors (Lipinski definition) is 5. The Kier molecular flexibility index (Phi) is 4.70. The van der Waals surface area contributed by atoms with Crippen molar-refractivity contribution in [3.63, 3.8) is 0 Å². The van der Waals surface area contributed by atoms with Gasteiger partial charge in [-0.2, -0.15) is 13.2 Å². The Hall–Kier alpha value is -2.36. The minimum absolute atomic E-state index is 0.00579. The lowest BCUT2D eigenvalue weighted by atomic mass is 10.2. The van der Waals surface area contributed by atoms with E-state index in [1.54, 1.807) is 13.8 Å². The third-order valence-electron chi connectivity index (χ3n) is 3.09. The molecule has 6 nitrogen and oxygen atoms in total. The minimum atomic E-state index is -5.44. The number of alkyl halides is 3. The first-order valence-electron chi connectivity index (χ1n) is 6.67. The summed E-state index contributed by atoms with van der Waals surface area (Å²) in [5.41, 5.74) is -5.39. The predicted octanol–water partition coefficient (Wildman–Crippen LogP) is 2.77. The highest BCUT2D eigenvalue weighted by Gasteiger charge is 2.46. The molecule has 1 N–H and O–H groups in total. The van der Waals surface area contributed by atoms with Crippen LogP contribution in [0.5, 0.6) is 0 Å². The van der Waals surface area contributed by atoms with Gasteiger partial charge in [0.25, 0.3) is 15.7 Å². The first kappa shape index (κ1) is 18.0. The van der Waals surface area contributed by atoms with E-state index in [-0.39, 0.29) is 11.5 Å². The van der Waals surface area contributed by atoms with Crippen molar-refractivity contribution < 1.29 is 30.8 Å². The largest absolute Gasteiger partial charge is 0.501 e. The maximum atomic E-state index is 12.5. The van der Waals surface area contributed by atoms with Crippen molar-refractivity contribution in [3.05, 3.63) is 47.7 Å². The fraction of sp³-hybridized carbons (Fsp3) is 0.286. The molecule has 1 amide bonds. The van der Waals surface area contributed by atoms with Gasteiger partial charge in [-0.1, -0.05) is 0 Å². The molecule has 1 aromatic carbocycles. The summed E-state index contributed by atoms with van der Waals surface area (Å²) in [4.78, 5) is 15.1. The van der Waals surface area contributed by atoms with E-state index < -0.39 is 32.2 Å². The van der Waals surface area contributed by atoms with Crippen molar-refractivity contribution in [2.24, 2.45) is 0 Å². The van der Waals surface area contributed by atoms with Gasteiger partial charge < -0.3 is 9.73 Å². The number of rotatable bonds is 4. The molecular formula is C14H13F3N2O4S. The first-order valence-corrected chi connectivity index (χ1v) is 8.15. The van der Waals surface area contributed by atoms with Crippen LogP contribution in [0.4, 0.5) is 13.2 Å². The minimum Gasteiger partial charge on any atom is -0.444 e. The fourth-order valence-electron chi connectivity index (χ4n) is 1.83. The Labute approximate surface area is 135 Å². The molecule has 0 radical (unpaired) electrons. The number of nitrogens with one attached hydrogen (secondary N) is 1. The normalized spacial score (nSPS) is 13.5. The Morgan fingerprint density at radius 1 is 1.25 bits per heavy atom. The molecule has 0 aliphatic heterocycles. The number of sulfone groups is 1. The lowest BCUT2D eigenvalue weighted by Crippen LogP contribution is -2.27. The lowest BCUT2D eigenvalue weighted by molar-refractivity contribution is -0.0436. The molecule has 10 heteroatoms. The molecule has 0 saturated carbocycles. The van der Waals surface area contributed by atoms with E-state index in [1.165, 1.54) is 6.20 Å². The summed E-state index contributed by atoms with van der Waals surface area (Å²) in [6.45, 7) is 3.30. The Balaban J connectivity index is 2.15. The maximum Gasteiger partial charge on any atom is 0.501 e. The van der Waals surface area contributed by atoms with E-state index in [0.29, 0.717) is 5.76 Å². The summed E-state index contributed by atoms with van der Waals surface area (Å²) in [5, 5.41) is 2.55. The van der Waals surface area contributed by atoms with Crippen LogP contribution in [0.25, 0.3) is 0 Å². The molecule has 0 aliphatic carbocycles. The van der Waals surface area contributed by atoms with Gasteiger partial charge in [-0.05, 0) is 38.1 Å². The van der Waals surface area contributed by atoms with Crippen LogP contribution < -0.4 is 5.32 Å². The second kappa shape index (κ2) is 6.27. The SMILES string of the molecule is Cc1cnc([C@H](C)NC(=O)c2ccc(S(=O)(=O)C(F)(F)F)cc2)o1. The quantitative estimate of drug-likeness (QED) is 0.903. The van der Waals surface area contributed by atoms with Gasteiger partial charge in [0.05, 0.1) is 11.1 Å². The molecule has 1 heterocycles. The molecule has 1 aromatic heterocycles. The van der Waals surface area contributed by atoms with Gasteiger partial charge in [-0.15, -0.1) is 0 Å². The Bertz CT molecular complexity index is 842. The third kappa shape index (κ3) is 3.58. The predicted molar refractivity (Wildman–Crippen MR) is 76.8 cm³/mol. The molecule has 0 spiro atoms. The molecule has 130 valence electrons. The summed E-state index contributed by atoms with van der Waals surface area (Å²) in [5.74, 6) is 0.235. The number of nitrogens with zero attached hydrogens (tertiary/aromatic N) is 1. The van der Waals surface area contributed by atoms with Crippen LogP contribution in [-0.2, 0) is 9.84 Å². The number of carbonyl (C=O) groups is 1. The van der Waals surface area contributed by atoms with Gasteiger partial charge in [0, 0.05) is 5.56 Å². The standard InChI is InChI=1S/C14H13F3N2O4S/c1-8-7-18-13(23-8)9(2)19-12(20)10-3-5-11(6-4-10)24(21,22)14(15,16)17/h3-7,9H,1-2H3,(H,19,20)/t9-/m0/s1.